The Morgan fingerprint density at radius 1 is 0.900 bits per heavy atom. The zero-order chi connectivity index (χ0) is 7.66. The molecule has 0 unspecified atom stereocenters. The zero-order valence-electron chi connectivity index (χ0n) is 7.53. The lowest BCUT2D eigenvalue weighted by molar-refractivity contribution is -0.627. The van der Waals surface area contributed by atoms with Gasteiger partial charge in [-0.25, -0.2) is 0 Å². The fourth-order valence-electron chi connectivity index (χ4n) is 1.13. The molecule has 0 atom stereocenters. The Labute approximate surface area is 65.2 Å². The molecule has 0 aromatic carbocycles. The van der Waals surface area contributed by atoms with E-state index in [0.717, 1.165) is 0 Å². The highest BCUT2D eigenvalue weighted by atomic mass is 14.8. The lowest BCUT2D eigenvalue weighted by Crippen LogP contribution is -2.79. The molecule has 0 aromatic rings. The van der Waals surface area contributed by atoms with Crippen molar-refractivity contribution < 1.29 is 5.32 Å². The smallest absolute Gasteiger partial charge is 0.0753 e. The quantitative estimate of drug-likeness (QED) is 0.522. The molecule has 0 rings (SSSR count). The van der Waals surface area contributed by atoms with Gasteiger partial charge in [0.05, 0.1) is 13.6 Å². The summed E-state index contributed by atoms with van der Waals surface area (Å²) in [6.45, 7) is 3.58. The second kappa shape index (κ2) is 8.96. The van der Waals surface area contributed by atoms with Crippen molar-refractivity contribution in [3.05, 3.63) is 0 Å². The van der Waals surface area contributed by atoms with Gasteiger partial charge in [-0.15, -0.1) is 0 Å². The standard InChI is InChI=1S/C9H21N/c1-3-4-5-6-7-8-9-10-2/h10H,3-9H2,1-2H3/p+1. The molecule has 0 heterocycles. The molecule has 0 aliphatic heterocycles. The average Bonchev–Trinajstić information content (AvgIpc) is 1.97. The highest BCUT2D eigenvalue weighted by molar-refractivity contribution is 4.41. The number of rotatable bonds is 7. The summed E-state index contributed by atoms with van der Waals surface area (Å²) in [5, 5.41) is 2.26. The van der Waals surface area contributed by atoms with Crippen LogP contribution in [0.5, 0.6) is 0 Å². The summed E-state index contributed by atoms with van der Waals surface area (Å²) in [6.07, 6.45) is 8.52. The molecule has 0 spiro atoms. The minimum atomic E-state index is 1.31. The maximum absolute atomic E-state index is 2.26. The lowest BCUT2D eigenvalue weighted by atomic mass is 10.1. The van der Waals surface area contributed by atoms with Crippen LogP contribution >= 0.6 is 0 Å². The maximum atomic E-state index is 2.26. The van der Waals surface area contributed by atoms with E-state index < -0.39 is 0 Å². The molecule has 62 valence electrons. The molecule has 0 amide bonds. The third kappa shape index (κ3) is 7.96. The van der Waals surface area contributed by atoms with E-state index in [9.17, 15) is 0 Å². The van der Waals surface area contributed by atoms with Crippen LogP contribution < -0.4 is 5.32 Å². The Balaban J connectivity index is 2.65. The predicted octanol–water partition coefficient (Wildman–Crippen LogP) is 1.54. The highest BCUT2D eigenvalue weighted by Gasteiger charge is 1.88. The summed E-state index contributed by atoms with van der Waals surface area (Å²) in [5.41, 5.74) is 0. The van der Waals surface area contributed by atoms with Gasteiger partial charge in [-0.1, -0.05) is 32.6 Å². The first-order chi connectivity index (χ1) is 4.91. The molecular formula is C9H22N+. The van der Waals surface area contributed by atoms with Crippen molar-refractivity contribution in [1.82, 2.24) is 0 Å². The van der Waals surface area contributed by atoms with E-state index in [1.807, 2.05) is 0 Å². The van der Waals surface area contributed by atoms with Crippen molar-refractivity contribution in [3.63, 3.8) is 0 Å². The van der Waals surface area contributed by atoms with Gasteiger partial charge < -0.3 is 5.32 Å². The summed E-state index contributed by atoms with van der Waals surface area (Å²) >= 11 is 0. The lowest BCUT2D eigenvalue weighted by Gasteiger charge is -1.97. The topological polar surface area (TPSA) is 16.6 Å². The van der Waals surface area contributed by atoms with Crippen LogP contribution in [0.4, 0.5) is 0 Å². The minimum Gasteiger partial charge on any atom is -0.349 e. The van der Waals surface area contributed by atoms with Crippen LogP contribution in [-0.2, 0) is 0 Å². The molecule has 1 nitrogen and oxygen atoms in total. The normalized spacial score (nSPS) is 10.2. The van der Waals surface area contributed by atoms with E-state index in [0.29, 0.717) is 0 Å². The fraction of sp³-hybridized carbons (Fsp3) is 1.00. The number of nitrogens with two attached hydrogens (primary N) is 1. The summed E-state index contributed by atoms with van der Waals surface area (Å²) < 4.78 is 0. The largest absolute Gasteiger partial charge is 0.349 e. The summed E-state index contributed by atoms with van der Waals surface area (Å²) in [7, 11) is 2.14. The van der Waals surface area contributed by atoms with Crippen LogP contribution in [0.1, 0.15) is 45.4 Å². The molecule has 1 heteroatoms. The first-order valence-corrected chi connectivity index (χ1v) is 4.69. The van der Waals surface area contributed by atoms with Crippen LogP contribution in [0, 0.1) is 0 Å². The van der Waals surface area contributed by atoms with Gasteiger partial charge in [0, 0.05) is 0 Å². The molecule has 0 fully saturated rings. The highest BCUT2D eigenvalue weighted by Crippen LogP contribution is 2.03. The SMILES string of the molecule is CCCCCCCC[NH2+]C. The van der Waals surface area contributed by atoms with Crippen molar-refractivity contribution in [1.29, 1.82) is 0 Å². The Hall–Kier alpha value is -0.0400. The van der Waals surface area contributed by atoms with E-state index >= 15 is 0 Å². The van der Waals surface area contributed by atoms with Crippen LogP contribution in [-0.4, -0.2) is 13.6 Å². The number of quaternary nitrogens is 1. The molecule has 10 heavy (non-hydrogen) atoms. The van der Waals surface area contributed by atoms with Crippen molar-refractivity contribution in [2.75, 3.05) is 13.6 Å². The Morgan fingerprint density at radius 3 is 2.10 bits per heavy atom. The van der Waals surface area contributed by atoms with Crippen LogP contribution in [0.3, 0.4) is 0 Å². The third-order valence-electron chi connectivity index (χ3n) is 1.85. The van der Waals surface area contributed by atoms with Gasteiger partial charge in [0.25, 0.3) is 0 Å². The van der Waals surface area contributed by atoms with E-state index in [1.165, 1.54) is 45.1 Å². The van der Waals surface area contributed by atoms with Crippen LogP contribution in [0.2, 0.25) is 0 Å². The molecule has 0 aliphatic rings. The van der Waals surface area contributed by atoms with Crippen molar-refractivity contribution in [2.45, 2.75) is 45.4 Å². The van der Waals surface area contributed by atoms with E-state index in [4.69, 9.17) is 0 Å². The number of unbranched alkanes of at least 4 members (excludes halogenated alkanes) is 5. The molecule has 0 saturated carbocycles. The molecule has 0 aliphatic carbocycles. The molecule has 0 radical (unpaired) electrons. The molecule has 0 saturated heterocycles. The maximum Gasteiger partial charge on any atom is 0.0753 e. The molecule has 2 N–H and O–H groups in total. The number of hydrogen-bond acceptors (Lipinski definition) is 0. The monoisotopic (exact) mass is 144 g/mol. The van der Waals surface area contributed by atoms with Gasteiger partial charge >= 0.3 is 0 Å². The van der Waals surface area contributed by atoms with Gasteiger partial charge in [0.15, 0.2) is 0 Å². The Kier molecular flexibility index (Phi) is 8.92. The zero-order valence-corrected chi connectivity index (χ0v) is 7.53. The van der Waals surface area contributed by atoms with E-state index in [1.54, 1.807) is 0 Å². The predicted molar refractivity (Wildman–Crippen MR) is 46.1 cm³/mol. The van der Waals surface area contributed by atoms with E-state index in [-0.39, 0.29) is 0 Å². The fourth-order valence-corrected chi connectivity index (χ4v) is 1.13. The second-order valence-corrected chi connectivity index (χ2v) is 2.96. The molecule has 0 bridgehead atoms. The van der Waals surface area contributed by atoms with Crippen LogP contribution in [0.25, 0.3) is 0 Å². The third-order valence-corrected chi connectivity index (χ3v) is 1.85. The van der Waals surface area contributed by atoms with Crippen molar-refractivity contribution in [2.24, 2.45) is 0 Å². The first kappa shape index (κ1) is 9.96. The van der Waals surface area contributed by atoms with Crippen molar-refractivity contribution >= 4 is 0 Å². The molecular weight excluding hydrogens is 122 g/mol. The second-order valence-electron chi connectivity index (χ2n) is 2.96. The number of hydrogen-bond donors (Lipinski definition) is 1. The van der Waals surface area contributed by atoms with Gasteiger partial charge in [-0.3, -0.25) is 0 Å². The van der Waals surface area contributed by atoms with Gasteiger partial charge in [0.2, 0.25) is 0 Å². The average molecular weight is 144 g/mol. The van der Waals surface area contributed by atoms with Crippen molar-refractivity contribution in [3.8, 4) is 0 Å². The van der Waals surface area contributed by atoms with Gasteiger partial charge in [0.1, 0.15) is 0 Å². The van der Waals surface area contributed by atoms with Crippen LogP contribution in [0.15, 0.2) is 0 Å². The molecule has 0 aromatic heterocycles. The van der Waals surface area contributed by atoms with E-state index in [2.05, 4.69) is 19.3 Å². The summed E-state index contributed by atoms with van der Waals surface area (Å²) in [5.74, 6) is 0. The Morgan fingerprint density at radius 2 is 1.50 bits per heavy atom. The minimum absolute atomic E-state index is 1.31. The summed E-state index contributed by atoms with van der Waals surface area (Å²) in [4.78, 5) is 0. The van der Waals surface area contributed by atoms with Gasteiger partial charge in [-0.05, 0) is 12.8 Å². The first-order valence-electron chi connectivity index (χ1n) is 4.69. The summed E-state index contributed by atoms with van der Waals surface area (Å²) in [6, 6.07) is 0. The van der Waals surface area contributed by atoms with Gasteiger partial charge in [-0.2, -0.15) is 0 Å². The Bertz CT molecular complexity index is 44.7.